The molecule has 0 saturated carbocycles. The predicted octanol–water partition coefficient (Wildman–Crippen LogP) is 3.35. The summed E-state index contributed by atoms with van der Waals surface area (Å²) in [4.78, 5) is 27.6. The van der Waals surface area contributed by atoms with Crippen molar-refractivity contribution in [3.63, 3.8) is 0 Å². The molecule has 1 N–H and O–H groups in total. The summed E-state index contributed by atoms with van der Waals surface area (Å²) in [6, 6.07) is 16.9. The van der Waals surface area contributed by atoms with Gasteiger partial charge in [0, 0.05) is 30.7 Å². The van der Waals surface area contributed by atoms with Crippen LogP contribution in [0.5, 0.6) is 0 Å². The summed E-state index contributed by atoms with van der Waals surface area (Å²) < 4.78 is 18.4. The van der Waals surface area contributed by atoms with Crippen molar-refractivity contribution in [1.29, 1.82) is 0 Å². The van der Waals surface area contributed by atoms with Gasteiger partial charge < -0.3 is 19.9 Å². The number of amides is 2. The lowest BCUT2D eigenvalue weighted by atomic mass is 9.63. The summed E-state index contributed by atoms with van der Waals surface area (Å²) >= 11 is 0. The normalized spacial score (nSPS) is 19.9. The second-order valence-corrected chi connectivity index (χ2v) is 8.01. The minimum Gasteiger partial charge on any atom is -0.468 e. The Morgan fingerprint density at radius 2 is 1.87 bits per heavy atom. The molecule has 6 nitrogen and oxygen atoms in total. The lowest BCUT2D eigenvalue weighted by Crippen LogP contribution is -2.63. The monoisotopic (exact) mass is 411 g/mol. The number of anilines is 1. The molecule has 0 aromatic heterocycles. The van der Waals surface area contributed by atoms with Crippen LogP contribution < -0.4 is 10.2 Å². The lowest BCUT2D eigenvalue weighted by Gasteiger charge is -2.61. The van der Waals surface area contributed by atoms with Crippen LogP contribution in [0.4, 0.5) is 14.9 Å². The standard InChI is InChI=1S/C23H26FN3O3/c1-30-20(28)15-25-22(29)26-12-10-23(11-13-26)16-27(19-9-5-8-18(24)14-19)21(23)17-6-3-2-4-7-17/h2-9,14,21H,10-13,15-16H2,1H3,(H,25,29)/t21-/m1/s1. The molecule has 2 aliphatic heterocycles. The van der Waals surface area contributed by atoms with E-state index < -0.39 is 5.97 Å². The molecule has 0 aliphatic carbocycles. The molecule has 2 heterocycles. The average molecular weight is 411 g/mol. The molecule has 2 amide bonds. The number of esters is 1. The summed E-state index contributed by atoms with van der Waals surface area (Å²) in [5, 5.41) is 2.61. The van der Waals surface area contributed by atoms with Gasteiger partial charge >= 0.3 is 12.0 Å². The zero-order valence-electron chi connectivity index (χ0n) is 17.0. The van der Waals surface area contributed by atoms with Gasteiger partial charge in [-0.2, -0.15) is 0 Å². The highest BCUT2D eigenvalue weighted by Gasteiger charge is 2.54. The summed E-state index contributed by atoms with van der Waals surface area (Å²) in [5.74, 6) is -0.706. The van der Waals surface area contributed by atoms with Crippen molar-refractivity contribution in [3.8, 4) is 0 Å². The van der Waals surface area contributed by atoms with Gasteiger partial charge in [-0.05, 0) is 36.6 Å². The van der Waals surface area contributed by atoms with Crippen molar-refractivity contribution in [1.82, 2.24) is 10.2 Å². The molecular formula is C23H26FN3O3. The molecule has 0 bridgehead atoms. The second-order valence-electron chi connectivity index (χ2n) is 8.01. The fourth-order valence-corrected chi connectivity index (χ4v) is 4.72. The van der Waals surface area contributed by atoms with Crippen molar-refractivity contribution in [3.05, 3.63) is 66.0 Å². The van der Waals surface area contributed by atoms with Gasteiger partial charge in [-0.3, -0.25) is 4.79 Å². The molecule has 0 radical (unpaired) electrons. The van der Waals surface area contributed by atoms with Gasteiger partial charge in [0.05, 0.1) is 13.2 Å². The number of nitrogens with one attached hydrogen (secondary N) is 1. The Morgan fingerprint density at radius 3 is 2.53 bits per heavy atom. The summed E-state index contributed by atoms with van der Waals surface area (Å²) in [6.07, 6.45) is 1.70. The van der Waals surface area contributed by atoms with Crippen molar-refractivity contribution in [2.75, 3.05) is 38.2 Å². The van der Waals surface area contributed by atoms with Crippen LogP contribution in [-0.2, 0) is 9.53 Å². The highest BCUT2D eigenvalue weighted by Crippen LogP contribution is 2.56. The van der Waals surface area contributed by atoms with E-state index in [9.17, 15) is 14.0 Å². The van der Waals surface area contributed by atoms with Gasteiger partial charge in [-0.1, -0.05) is 36.4 Å². The number of halogens is 1. The zero-order valence-corrected chi connectivity index (χ0v) is 17.0. The average Bonchev–Trinajstić information content (AvgIpc) is 2.76. The molecule has 0 unspecified atom stereocenters. The van der Waals surface area contributed by atoms with Crippen LogP contribution in [0.25, 0.3) is 0 Å². The van der Waals surface area contributed by atoms with Gasteiger partial charge in [0.1, 0.15) is 12.4 Å². The molecule has 2 saturated heterocycles. The fraction of sp³-hybridized carbons (Fsp3) is 0.391. The van der Waals surface area contributed by atoms with Gasteiger partial charge in [0.15, 0.2) is 0 Å². The number of hydrogen-bond donors (Lipinski definition) is 1. The third kappa shape index (κ3) is 3.84. The van der Waals surface area contributed by atoms with Crippen LogP contribution >= 0.6 is 0 Å². The van der Waals surface area contributed by atoms with Crippen molar-refractivity contribution >= 4 is 17.7 Å². The molecule has 2 aromatic rings. The molecule has 1 atom stereocenters. The molecule has 7 heteroatoms. The van der Waals surface area contributed by atoms with Crippen molar-refractivity contribution < 1.29 is 18.7 Å². The number of carbonyl (C=O) groups is 2. The fourth-order valence-electron chi connectivity index (χ4n) is 4.72. The molecule has 30 heavy (non-hydrogen) atoms. The number of rotatable bonds is 4. The molecule has 2 aliphatic rings. The van der Waals surface area contributed by atoms with Gasteiger partial charge in [0.2, 0.25) is 0 Å². The lowest BCUT2D eigenvalue weighted by molar-refractivity contribution is -0.139. The van der Waals surface area contributed by atoms with E-state index in [1.165, 1.54) is 18.7 Å². The Balaban J connectivity index is 1.48. The maximum absolute atomic E-state index is 13.8. The molecule has 2 aromatic carbocycles. The Morgan fingerprint density at radius 1 is 1.13 bits per heavy atom. The number of carbonyl (C=O) groups excluding carboxylic acids is 2. The first-order chi connectivity index (χ1) is 14.5. The smallest absolute Gasteiger partial charge is 0.325 e. The maximum atomic E-state index is 13.8. The number of ether oxygens (including phenoxy) is 1. The number of likely N-dealkylation sites (tertiary alicyclic amines) is 1. The third-order valence-electron chi connectivity index (χ3n) is 6.29. The van der Waals surface area contributed by atoms with Crippen LogP contribution in [0.2, 0.25) is 0 Å². The van der Waals surface area contributed by atoms with E-state index in [4.69, 9.17) is 0 Å². The molecule has 158 valence electrons. The molecule has 1 spiro atoms. The Hall–Kier alpha value is -3.09. The van der Waals surface area contributed by atoms with Crippen molar-refractivity contribution in [2.45, 2.75) is 18.9 Å². The van der Waals surface area contributed by atoms with Crippen LogP contribution in [0.15, 0.2) is 54.6 Å². The number of urea groups is 1. The number of methoxy groups -OCH3 is 1. The topological polar surface area (TPSA) is 61.9 Å². The number of benzene rings is 2. The van der Waals surface area contributed by atoms with Crippen molar-refractivity contribution in [2.24, 2.45) is 5.41 Å². The van der Waals surface area contributed by atoms with Gasteiger partial charge in [0.25, 0.3) is 0 Å². The predicted molar refractivity (Wildman–Crippen MR) is 112 cm³/mol. The zero-order chi connectivity index (χ0) is 21.1. The van der Waals surface area contributed by atoms with E-state index in [-0.39, 0.29) is 29.8 Å². The summed E-state index contributed by atoms with van der Waals surface area (Å²) in [6.45, 7) is 1.94. The van der Waals surface area contributed by atoms with Crippen LogP contribution in [0.1, 0.15) is 24.4 Å². The van der Waals surface area contributed by atoms with Gasteiger partial charge in [-0.25, -0.2) is 9.18 Å². The van der Waals surface area contributed by atoms with Crippen LogP contribution in [0.3, 0.4) is 0 Å². The third-order valence-corrected chi connectivity index (χ3v) is 6.29. The number of nitrogens with zero attached hydrogens (tertiary/aromatic N) is 2. The highest BCUT2D eigenvalue weighted by molar-refractivity contribution is 5.80. The maximum Gasteiger partial charge on any atom is 0.325 e. The highest BCUT2D eigenvalue weighted by atomic mass is 19.1. The second kappa shape index (κ2) is 8.34. The molecule has 4 rings (SSSR count). The Labute approximate surface area is 175 Å². The minimum atomic E-state index is -0.467. The van der Waals surface area contributed by atoms with E-state index in [0.717, 1.165) is 25.1 Å². The molecular weight excluding hydrogens is 385 g/mol. The van der Waals surface area contributed by atoms with E-state index in [0.29, 0.717) is 13.1 Å². The number of piperidine rings is 1. The first-order valence-corrected chi connectivity index (χ1v) is 10.2. The SMILES string of the molecule is COC(=O)CNC(=O)N1CCC2(CC1)CN(c1cccc(F)c1)[C@@H]2c1ccccc1. The Kier molecular flexibility index (Phi) is 5.61. The van der Waals surface area contributed by atoms with Crippen LogP contribution in [-0.4, -0.2) is 50.2 Å². The van der Waals surface area contributed by atoms with E-state index in [2.05, 4.69) is 27.1 Å². The number of hydrogen-bond acceptors (Lipinski definition) is 4. The summed E-state index contributed by atoms with van der Waals surface area (Å²) in [5.41, 5.74) is 2.12. The molecule has 2 fully saturated rings. The van der Waals surface area contributed by atoms with Crippen LogP contribution in [0, 0.1) is 11.2 Å². The van der Waals surface area contributed by atoms with Gasteiger partial charge in [-0.15, -0.1) is 0 Å². The first-order valence-electron chi connectivity index (χ1n) is 10.2. The first kappa shape index (κ1) is 20.2. The summed E-state index contributed by atoms with van der Waals surface area (Å²) in [7, 11) is 1.30. The van der Waals surface area contributed by atoms with E-state index >= 15 is 0 Å². The Bertz CT molecular complexity index is 913. The van der Waals surface area contributed by atoms with E-state index in [1.54, 1.807) is 17.0 Å². The van der Waals surface area contributed by atoms with E-state index in [1.807, 2.05) is 24.3 Å². The largest absolute Gasteiger partial charge is 0.468 e. The quantitative estimate of drug-likeness (QED) is 0.784. The minimum absolute atomic E-state index is 0.0345.